The largest absolute Gasteiger partial charge is 0.486 e. The van der Waals surface area contributed by atoms with Gasteiger partial charge in [0, 0.05) is 61.1 Å². The van der Waals surface area contributed by atoms with E-state index in [1.165, 1.54) is 0 Å². The normalized spacial score (nSPS) is 26.6. The third kappa shape index (κ3) is 5.07. The highest BCUT2D eigenvalue weighted by Crippen LogP contribution is 2.64. The fraction of sp³-hybridized carbons (Fsp3) is 0.472. The lowest BCUT2D eigenvalue weighted by Gasteiger charge is -2.44. The number of hydrogen-bond donors (Lipinski definition) is 2. The summed E-state index contributed by atoms with van der Waals surface area (Å²) in [7, 11) is -4.02. The van der Waals surface area contributed by atoms with Gasteiger partial charge in [-0.05, 0) is 72.9 Å². The molecule has 5 aliphatic rings. The summed E-state index contributed by atoms with van der Waals surface area (Å²) in [6.07, 6.45) is 2.77. The second-order valence-corrected chi connectivity index (χ2v) is 16.4. The average molecular weight is 673 g/mol. The van der Waals surface area contributed by atoms with Crippen LogP contribution in [0.5, 0.6) is 11.5 Å². The van der Waals surface area contributed by atoms with E-state index in [0.29, 0.717) is 74.3 Å². The van der Waals surface area contributed by atoms with E-state index in [1.54, 1.807) is 48.5 Å². The van der Waals surface area contributed by atoms with Gasteiger partial charge in [-0.3, -0.25) is 19.1 Å². The van der Waals surface area contributed by atoms with E-state index in [4.69, 9.17) is 9.47 Å². The number of fused-ring (bicyclic) bond motifs is 7. The number of nitrogens with zero attached hydrogens (tertiary/aromatic N) is 2. The van der Waals surface area contributed by atoms with Gasteiger partial charge < -0.3 is 24.3 Å². The molecule has 1 amide bonds. The first-order valence-corrected chi connectivity index (χ1v) is 18.4. The average Bonchev–Trinajstić information content (AvgIpc) is 3.39. The van der Waals surface area contributed by atoms with Crippen LogP contribution in [0.25, 0.3) is 0 Å². The standard InChI is InChI=1S/C36H40N4O7S/c1-35(2)25-10-11-36(35,32(41)16-25)21-48(44,45)38-27-15-23(34(43)37-26-7-9-30-31(17-26)47-13-12-46-30)6-8-29(27)39-18-22-14-24(20-39)28-4-3-5-33(42)40(28)19-22/h3-9,15,17,22,24-25,38H,10-14,16,18-21H2,1-2H3,(H,37,43)/t22-,24-,25-,36-/m0/s1. The quantitative estimate of drug-likeness (QED) is 0.371. The monoisotopic (exact) mass is 672 g/mol. The number of piperidine rings is 1. The van der Waals surface area contributed by atoms with Crippen LogP contribution in [0.3, 0.4) is 0 Å². The van der Waals surface area contributed by atoms with Crippen molar-refractivity contribution < 1.29 is 27.5 Å². The van der Waals surface area contributed by atoms with Crippen molar-refractivity contribution in [1.82, 2.24) is 4.57 Å². The number of nitrogens with one attached hydrogen (secondary N) is 2. The molecule has 48 heavy (non-hydrogen) atoms. The van der Waals surface area contributed by atoms with E-state index in [9.17, 15) is 22.8 Å². The molecular formula is C36H40N4O7S. The van der Waals surface area contributed by atoms with Crippen molar-refractivity contribution in [2.75, 3.05) is 47.0 Å². The lowest BCUT2D eigenvalue weighted by molar-refractivity contribution is -0.128. The van der Waals surface area contributed by atoms with E-state index in [2.05, 4.69) is 14.9 Å². The predicted molar refractivity (Wildman–Crippen MR) is 182 cm³/mol. The summed E-state index contributed by atoms with van der Waals surface area (Å²) in [5.41, 5.74) is 1.38. The number of hydrogen-bond acceptors (Lipinski definition) is 8. The Bertz CT molecular complexity index is 2010. The van der Waals surface area contributed by atoms with Gasteiger partial charge >= 0.3 is 0 Å². The Morgan fingerprint density at radius 1 is 0.979 bits per heavy atom. The van der Waals surface area contributed by atoms with Crippen molar-refractivity contribution in [3.8, 4) is 11.5 Å². The van der Waals surface area contributed by atoms with Gasteiger partial charge in [0.05, 0.1) is 22.5 Å². The molecule has 0 unspecified atom stereocenters. The molecule has 4 atom stereocenters. The molecule has 2 N–H and O–H groups in total. The zero-order chi connectivity index (χ0) is 33.4. The first-order valence-electron chi connectivity index (χ1n) is 16.8. The Balaban J connectivity index is 1.12. The van der Waals surface area contributed by atoms with Crippen LogP contribution in [-0.4, -0.2) is 56.7 Å². The summed E-state index contributed by atoms with van der Waals surface area (Å²) in [5.74, 6) is 0.955. The van der Waals surface area contributed by atoms with Gasteiger partial charge in [0.25, 0.3) is 11.5 Å². The number of ether oxygens (including phenoxy) is 2. The van der Waals surface area contributed by atoms with Gasteiger partial charge in [-0.25, -0.2) is 8.42 Å². The third-order valence-electron chi connectivity index (χ3n) is 11.7. The number of sulfonamides is 1. The molecule has 11 nitrogen and oxygen atoms in total. The molecule has 0 spiro atoms. The SMILES string of the molecule is CC1(C)[C@H]2CC[C@]1(CS(=O)(=O)Nc1cc(C(=O)Nc3ccc4c(c3)OCCO4)ccc1N1C[C@@H]3C[C@@H](C1)c1cccc(=O)n1C3)C(=O)C2. The fourth-order valence-corrected chi connectivity index (χ4v) is 11.0. The Labute approximate surface area is 279 Å². The number of pyridine rings is 1. The minimum atomic E-state index is -4.02. The molecule has 4 heterocycles. The maximum atomic E-state index is 14.1. The summed E-state index contributed by atoms with van der Waals surface area (Å²) in [6, 6.07) is 15.6. The molecule has 1 saturated heterocycles. The van der Waals surface area contributed by atoms with Crippen molar-refractivity contribution in [2.24, 2.45) is 22.7 Å². The minimum Gasteiger partial charge on any atom is -0.486 e. The van der Waals surface area contributed by atoms with E-state index in [1.807, 2.05) is 24.5 Å². The maximum absolute atomic E-state index is 14.1. The van der Waals surface area contributed by atoms with E-state index in [-0.39, 0.29) is 40.4 Å². The van der Waals surface area contributed by atoms with Gasteiger partial charge in [-0.15, -0.1) is 0 Å². The minimum absolute atomic E-state index is 0.00427. The van der Waals surface area contributed by atoms with Crippen LogP contribution in [0.2, 0.25) is 0 Å². The highest BCUT2D eigenvalue weighted by molar-refractivity contribution is 7.92. The number of aromatic nitrogens is 1. The summed E-state index contributed by atoms with van der Waals surface area (Å²) in [6.45, 7) is 6.74. The lowest BCUT2D eigenvalue weighted by Crippen LogP contribution is -2.47. The predicted octanol–water partition coefficient (Wildman–Crippen LogP) is 4.63. The third-order valence-corrected chi connectivity index (χ3v) is 13.1. The van der Waals surface area contributed by atoms with Gasteiger partial charge in [0.15, 0.2) is 11.5 Å². The van der Waals surface area contributed by atoms with Crippen molar-refractivity contribution in [3.63, 3.8) is 0 Å². The van der Waals surface area contributed by atoms with E-state index < -0.39 is 26.8 Å². The molecule has 8 rings (SSSR count). The molecule has 2 aromatic carbocycles. The summed E-state index contributed by atoms with van der Waals surface area (Å²) in [5, 5.41) is 2.90. The topological polar surface area (TPSA) is 136 Å². The van der Waals surface area contributed by atoms with Crippen LogP contribution in [-0.2, 0) is 21.4 Å². The molecule has 3 aliphatic heterocycles. The van der Waals surface area contributed by atoms with E-state index in [0.717, 1.165) is 18.5 Å². The first-order chi connectivity index (χ1) is 22.9. The molecule has 4 bridgehead atoms. The molecule has 12 heteroatoms. The highest BCUT2D eigenvalue weighted by atomic mass is 32.2. The molecule has 0 radical (unpaired) electrons. The molecule has 3 aromatic rings. The van der Waals surface area contributed by atoms with E-state index >= 15 is 0 Å². The number of carbonyl (C=O) groups is 2. The molecule has 2 aliphatic carbocycles. The van der Waals surface area contributed by atoms with Gasteiger partial charge in [0.2, 0.25) is 10.0 Å². The number of rotatable bonds is 7. The van der Waals surface area contributed by atoms with Crippen LogP contribution in [0.15, 0.2) is 59.4 Å². The fourth-order valence-electron chi connectivity index (χ4n) is 9.09. The number of Topliss-reactive ketones (excluding diaryl/α,β-unsaturated/α-hetero) is 1. The number of benzene rings is 2. The highest BCUT2D eigenvalue weighted by Gasteiger charge is 2.65. The van der Waals surface area contributed by atoms with Crippen LogP contribution < -0.4 is 30.0 Å². The van der Waals surface area contributed by atoms with Gasteiger partial charge in [0.1, 0.15) is 19.0 Å². The Hall–Kier alpha value is -4.32. The molecule has 2 saturated carbocycles. The summed E-state index contributed by atoms with van der Waals surface area (Å²) < 4.78 is 44.1. The van der Waals surface area contributed by atoms with Gasteiger partial charge in [-0.1, -0.05) is 19.9 Å². The lowest BCUT2D eigenvalue weighted by atomic mass is 9.70. The number of anilines is 3. The smallest absolute Gasteiger partial charge is 0.255 e. The molecular weight excluding hydrogens is 632 g/mol. The zero-order valence-corrected chi connectivity index (χ0v) is 28.0. The second-order valence-electron chi connectivity index (χ2n) is 14.7. The summed E-state index contributed by atoms with van der Waals surface area (Å²) >= 11 is 0. The number of carbonyl (C=O) groups excluding carboxylic acids is 2. The van der Waals surface area contributed by atoms with Crippen LogP contribution in [0, 0.1) is 22.7 Å². The zero-order valence-electron chi connectivity index (χ0n) is 27.2. The number of ketones is 1. The maximum Gasteiger partial charge on any atom is 0.255 e. The van der Waals surface area contributed by atoms with Crippen LogP contribution in [0.1, 0.15) is 61.5 Å². The molecule has 1 aromatic heterocycles. The van der Waals surface area contributed by atoms with Gasteiger partial charge in [-0.2, -0.15) is 0 Å². The Kier molecular flexibility index (Phi) is 7.17. The van der Waals surface area contributed by atoms with Crippen molar-refractivity contribution in [2.45, 2.75) is 52.0 Å². The Morgan fingerprint density at radius 2 is 1.79 bits per heavy atom. The van der Waals surface area contributed by atoms with Crippen molar-refractivity contribution in [1.29, 1.82) is 0 Å². The van der Waals surface area contributed by atoms with Crippen molar-refractivity contribution in [3.05, 3.63) is 76.2 Å². The number of amides is 1. The van der Waals surface area contributed by atoms with Crippen LogP contribution in [0.4, 0.5) is 17.1 Å². The molecule has 252 valence electrons. The van der Waals surface area contributed by atoms with Crippen molar-refractivity contribution >= 4 is 38.8 Å². The summed E-state index contributed by atoms with van der Waals surface area (Å²) in [4.78, 5) is 41.6. The Morgan fingerprint density at radius 3 is 2.56 bits per heavy atom. The van der Waals surface area contributed by atoms with Crippen LogP contribution >= 0.6 is 0 Å². The second kappa shape index (κ2) is 11.1. The first kappa shape index (κ1) is 31.0. The molecule has 3 fully saturated rings.